The number of methoxy groups -OCH3 is 1. The molecule has 4 aliphatic rings. The van der Waals surface area contributed by atoms with Crippen LogP contribution in [0, 0.1) is 5.41 Å². The zero-order valence-electron chi connectivity index (χ0n) is 32.7. The predicted molar refractivity (Wildman–Crippen MR) is 221 cm³/mol. The molecule has 8 nitrogen and oxygen atoms in total. The van der Waals surface area contributed by atoms with E-state index in [-0.39, 0.29) is 47.2 Å². The molecular formula is C46H55O8P. The predicted octanol–water partition coefficient (Wildman–Crippen LogP) is 7.41. The molecule has 0 heterocycles. The molecule has 1 spiro atoms. The molecule has 9 heteroatoms. The molecule has 0 atom stereocenters. The number of rotatable bonds is 7. The van der Waals surface area contributed by atoms with Crippen molar-refractivity contribution in [2.24, 2.45) is 5.41 Å². The highest BCUT2D eigenvalue weighted by atomic mass is 31.2. The highest BCUT2D eigenvalue weighted by Crippen LogP contribution is 2.49. The maximum absolute atomic E-state index is 12.2. The minimum Gasteiger partial charge on any atom is -0.469 e. The summed E-state index contributed by atoms with van der Waals surface area (Å²) in [7, 11) is 1.26. The Hall–Kier alpha value is -4.81. The van der Waals surface area contributed by atoms with Gasteiger partial charge in [0.1, 0.15) is 29.6 Å². The van der Waals surface area contributed by atoms with Crippen LogP contribution in [0.4, 0.5) is 0 Å². The third-order valence-corrected chi connectivity index (χ3v) is 13.8. The number of carbonyl (C=O) groups excluding carboxylic acids is 7. The van der Waals surface area contributed by atoms with E-state index in [0.717, 1.165) is 44.9 Å². The van der Waals surface area contributed by atoms with Gasteiger partial charge in [-0.05, 0) is 99.4 Å². The van der Waals surface area contributed by atoms with Crippen molar-refractivity contribution in [3.8, 4) is 0 Å². The van der Waals surface area contributed by atoms with Crippen LogP contribution in [0.1, 0.15) is 104 Å². The van der Waals surface area contributed by atoms with Crippen molar-refractivity contribution in [3.05, 3.63) is 103 Å². The van der Waals surface area contributed by atoms with E-state index < -0.39 is 12.9 Å². The van der Waals surface area contributed by atoms with Crippen molar-refractivity contribution in [2.75, 3.05) is 7.11 Å². The zero-order valence-corrected chi connectivity index (χ0v) is 33.6. The van der Waals surface area contributed by atoms with Gasteiger partial charge >= 0.3 is 5.97 Å². The fraction of sp³-hybridized carbons (Fsp3) is 0.391. The number of Topliss-reactive ketones (excluding diaryl/α,β-unsaturated/α-hetero) is 5. The Labute approximate surface area is 326 Å². The van der Waals surface area contributed by atoms with Crippen molar-refractivity contribution >= 4 is 69.3 Å². The Bertz CT molecular complexity index is 1740. The smallest absolute Gasteiger partial charge is 0.313 e. The number of carbonyl (C=O) groups is 7. The Morgan fingerprint density at radius 2 is 1.04 bits per heavy atom. The monoisotopic (exact) mass is 766 g/mol. The van der Waals surface area contributed by atoms with Crippen LogP contribution in [-0.2, 0) is 38.3 Å². The van der Waals surface area contributed by atoms with E-state index in [1.165, 1.54) is 48.4 Å². The minimum atomic E-state index is -2.08. The van der Waals surface area contributed by atoms with Gasteiger partial charge in [-0.2, -0.15) is 0 Å². The number of hydrogen-bond acceptors (Lipinski definition) is 8. The molecule has 0 N–H and O–H groups in total. The highest BCUT2D eigenvalue weighted by Gasteiger charge is 2.43. The first-order valence-corrected chi connectivity index (χ1v) is 20.9. The average molecular weight is 767 g/mol. The van der Waals surface area contributed by atoms with Gasteiger partial charge in [0.15, 0.2) is 11.6 Å². The molecule has 0 aliphatic heterocycles. The van der Waals surface area contributed by atoms with E-state index in [9.17, 15) is 33.6 Å². The van der Waals surface area contributed by atoms with E-state index in [1.54, 1.807) is 19.9 Å². The first-order valence-electron chi connectivity index (χ1n) is 19.0. The van der Waals surface area contributed by atoms with Crippen LogP contribution in [0.5, 0.6) is 0 Å². The summed E-state index contributed by atoms with van der Waals surface area (Å²) >= 11 is 0. The van der Waals surface area contributed by atoms with Gasteiger partial charge in [0.05, 0.1) is 13.5 Å². The normalized spacial score (nSPS) is 16.1. The summed E-state index contributed by atoms with van der Waals surface area (Å²) in [6.45, 7) is 2.51. The van der Waals surface area contributed by atoms with E-state index >= 15 is 0 Å². The van der Waals surface area contributed by atoms with Crippen LogP contribution in [0.25, 0.3) is 0 Å². The summed E-state index contributed by atoms with van der Waals surface area (Å²) in [6, 6.07) is 31.1. The van der Waals surface area contributed by atoms with Crippen molar-refractivity contribution in [3.63, 3.8) is 0 Å². The van der Waals surface area contributed by atoms with Crippen LogP contribution < -0.4 is 15.9 Å². The maximum Gasteiger partial charge on any atom is 0.313 e. The maximum atomic E-state index is 12.2. The number of benzene rings is 3. The molecule has 0 unspecified atom stereocenters. The molecule has 4 aliphatic carbocycles. The van der Waals surface area contributed by atoms with Crippen molar-refractivity contribution in [2.45, 2.75) is 104 Å². The lowest BCUT2D eigenvalue weighted by Gasteiger charge is -2.43. The number of esters is 1. The lowest BCUT2D eigenvalue weighted by molar-refractivity contribution is -0.143. The molecular weight excluding hydrogens is 711 g/mol. The standard InChI is InChI=1S/C21H19OP.C9H12O2.C7H10O.C5H8O3.C4H6O/c1-18(22)17-23(19-11-5-2-6-12-19,20-13-7-3-8-14-20)21-15-9-4-10-16-21;10-7-4-8(11)6-9(5-7)2-1-3-9;1-6(8)5-7-3-2-4-7;1-4(6)3-5(7)8-2;5-4-2-1-3-4/h2-17H,1H3;1-6H2;5H,2-4H2,1H3;3H2,1-2H3;1-3H2. The fourth-order valence-electron chi connectivity index (χ4n) is 6.62. The van der Waals surface area contributed by atoms with Crippen molar-refractivity contribution in [1.82, 2.24) is 0 Å². The lowest BCUT2D eigenvalue weighted by Crippen LogP contribution is -2.38. The lowest BCUT2D eigenvalue weighted by atomic mass is 9.60. The Morgan fingerprint density at radius 3 is 1.25 bits per heavy atom. The molecule has 55 heavy (non-hydrogen) atoms. The summed E-state index contributed by atoms with van der Waals surface area (Å²) in [5, 5.41) is 3.60. The number of hydrogen-bond donors (Lipinski definition) is 0. The zero-order chi connectivity index (χ0) is 40.3. The van der Waals surface area contributed by atoms with Gasteiger partial charge in [0, 0.05) is 25.7 Å². The van der Waals surface area contributed by atoms with Crippen LogP contribution in [0.3, 0.4) is 0 Å². The SMILES string of the molecule is CC(=O)C=C1CCC1.CC(=O)C=P(c1ccccc1)(c1ccccc1)c1ccccc1.COC(=O)CC(C)=O.O=C1CC(=O)CC2(CCC2)C1.O=C1CCC1. The molecule has 0 bridgehead atoms. The summed E-state index contributed by atoms with van der Waals surface area (Å²) < 4.78 is 4.20. The van der Waals surface area contributed by atoms with Gasteiger partial charge in [0.2, 0.25) is 0 Å². The van der Waals surface area contributed by atoms with Crippen LogP contribution in [0.15, 0.2) is 103 Å². The average Bonchev–Trinajstić information content (AvgIpc) is 3.12. The molecule has 0 saturated heterocycles. The Kier molecular flexibility index (Phi) is 18.3. The van der Waals surface area contributed by atoms with E-state index in [2.05, 4.69) is 41.1 Å². The number of allylic oxidation sites excluding steroid dienone is 2. The molecule has 7 rings (SSSR count). The molecule has 0 aromatic heterocycles. The van der Waals surface area contributed by atoms with Crippen LogP contribution in [-0.4, -0.2) is 53.6 Å². The number of ether oxygens (including phenoxy) is 1. The van der Waals surface area contributed by atoms with Gasteiger partial charge in [-0.1, -0.05) is 103 Å². The van der Waals surface area contributed by atoms with Crippen LogP contribution in [0.2, 0.25) is 0 Å². The van der Waals surface area contributed by atoms with Gasteiger partial charge in [0.25, 0.3) is 0 Å². The Balaban J connectivity index is 0.000000210. The van der Waals surface area contributed by atoms with Gasteiger partial charge in [-0.15, -0.1) is 0 Å². The third kappa shape index (κ3) is 14.7. The second-order valence-electron chi connectivity index (χ2n) is 14.5. The molecule has 3 aromatic carbocycles. The largest absolute Gasteiger partial charge is 0.469 e. The topological polar surface area (TPSA) is 129 Å². The molecule has 4 fully saturated rings. The molecule has 0 amide bonds. The highest BCUT2D eigenvalue weighted by molar-refractivity contribution is 7.95. The summed E-state index contributed by atoms with van der Waals surface area (Å²) in [5.74, 6) is 2.36. The third-order valence-electron chi connectivity index (χ3n) is 9.75. The molecule has 292 valence electrons. The number of ketones is 6. The van der Waals surface area contributed by atoms with E-state index in [0.29, 0.717) is 18.6 Å². The van der Waals surface area contributed by atoms with Crippen molar-refractivity contribution in [1.29, 1.82) is 0 Å². The van der Waals surface area contributed by atoms with Crippen LogP contribution >= 0.6 is 6.89 Å². The first kappa shape index (κ1) is 44.6. The molecule has 3 aromatic rings. The summed E-state index contributed by atoms with van der Waals surface area (Å²) in [4.78, 5) is 74.8. The first-order chi connectivity index (χ1) is 26.3. The minimum absolute atomic E-state index is 0.106. The molecule has 4 saturated carbocycles. The van der Waals surface area contributed by atoms with Gasteiger partial charge in [-0.3, -0.25) is 33.6 Å². The quantitative estimate of drug-likeness (QED) is 0.105. The van der Waals surface area contributed by atoms with E-state index in [4.69, 9.17) is 0 Å². The fourth-order valence-corrected chi connectivity index (χ4v) is 10.4. The second kappa shape index (κ2) is 22.5. The second-order valence-corrected chi connectivity index (χ2v) is 17.8. The van der Waals surface area contributed by atoms with Crippen molar-refractivity contribution < 1.29 is 38.3 Å². The summed E-state index contributed by atoms with van der Waals surface area (Å²) in [5.41, 5.74) is 1.48. The van der Waals surface area contributed by atoms with E-state index in [1.807, 2.05) is 60.4 Å². The Morgan fingerprint density at radius 1 is 0.618 bits per heavy atom. The molecule has 0 radical (unpaired) electrons. The summed E-state index contributed by atoms with van der Waals surface area (Å²) in [6.07, 6.45) is 13.0. The van der Waals surface area contributed by atoms with Gasteiger partial charge < -0.3 is 4.74 Å². The van der Waals surface area contributed by atoms with Gasteiger partial charge in [-0.25, -0.2) is 0 Å².